The Morgan fingerprint density at radius 1 is 1.32 bits per heavy atom. The molecule has 1 fully saturated rings. The number of rotatable bonds is 5. The molecule has 6 heteroatoms. The summed E-state index contributed by atoms with van der Waals surface area (Å²) in [5.41, 5.74) is 2.48. The van der Waals surface area contributed by atoms with Crippen molar-refractivity contribution in [1.82, 2.24) is 20.2 Å². The Morgan fingerprint density at radius 3 is 3.16 bits per heavy atom. The van der Waals surface area contributed by atoms with Gasteiger partial charge in [-0.1, -0.05) is 25.1 Å². The normalized spacial score (nSPS) is 17.8. The van der Waals surface area contributed by atoms with Crippen molar-refractivity contribution in [2.45, 2.75) is 26.2 Å². The van der Waals surface area contributed by atoms with Crippen molar-refractivity contribution >= 4 is 22.7 Å². The van der Waals surface area contributed by atoms with E-state index in [4.69, 9.17) is 0 Å². The number of hydrogen-bond donors (Lipinski definition) is 2. The van der Waals surface area contributed by atoms with Crippen molar-refractivity contribution in [3.8, 4) is 0 Å². The maximum atomic E-state index is 4.65. The van der Waals surface area contributed by atoms with Gasteiger partial charge in [-0.15, -0.1) is 5.10 Å². The second kappa shape index (κ2) is 7.09. The van der Waals surface area contributed by atoms with Crippen LogP contribution in [0, 0.1) is 5.92 Å². The molecular weight excluding hydrogens is 312 g/mol. The smallest absolute Gasteiger partial charge is 0.244 e. The number of H-pyrrole nitrogens is 1. The van der Waals surface area contributed by atoms with E-state index in [-0.39, 0.29) is 0 Å². The Balaban J connectivity index is 1.39. The van der Waals surface area contributed by atoms with E-state index in [0.29, 0.717) is 11.9 Å². The predicted octanol–water partition coefficient (Wildman–Crippen LogP) is 3.24. The van der Waals surface area contributed by atoms with Gasteiger partial charge < -0.3 is 15.2 Å². The zero-order valence-corrected chi connectivity index (χ0v) is 14.6. The van der Waals surface area contributed by atoms with E-state index in [1.165, 1.54) is 29.3 Å². The zero-order chi connectivity index (χ0) is 17.1. The summed E-state index contributed by atoms with van der Waals surface area (Å²) in [5, 5.41) is 12.8. The van der Waals surface area contributed by atoms with Crippen LogP contribution in [-0.2, 0) is 6.42 Å². The molecule has 4 rings (SSSR count). The number of nitrogens with one attached hydrogen (secondary N) is 2. The fourth-order valence-electron chi connectivity index (χ4n) is 3.57. The van der Waals surface area contributed by atoms with E-state index in [0.717, 1.165) is 31.9 Å². The molecular formula is C19H24N6. The van der Waals surface area contributed by atoms with E-state index < -0.39 is 0 Å². The van der Waals surface area contributed by atoms with Crippen LogP contribution in [0.15, 0.2) is 36.7 Å². The van der Waals surface area contributed by atoms with Gasteiger partial charge in [-0.3, -0.25) is 0 Å². The van der Waals surface area contributed by atoms with Crippen LogP contribution in [-0.4, -0.2) is 39.8 Å². The lowest BCUT2D eigenvalue weighted by Crippen LogP contribution is -2.35. The molecule has 0 spiro atoms. The van der Waals surface area contributed by atoms with E-state index in [9.17, 15) is 0 Å². The topological polar surface area (TPSA) is 69.7 Å². The molecule has 6 nitrogen and oxygen atoms in total. The number of anilines is 2. The average molecular weight is 336 g/mol. The van der Waals surface area contributed by atoms with Gasteiger partial charge in [-0.2, -0.15) is 10.1 Å². The molecule has 1 aromatic carbocycles. The summed E-state index contributed by atoms with van der Waals surface area (Å²) in [6.07, 6.45) is 7.28. The maximum absolute atomic E-state index is 4.65. The minimum Gasteiger partial charge on any atom is -0.361 e. The molecule has 2 N–H and O–H groups in total. The number of aromatic amines is 1. The molecule has 1 unspecified atom stereocenters. The predicted molar refractivity (Wildman–Crippen MR) is 101 cm³/mol. The lowest BCUT2D eigenvalue weighted by molar-refractivity contribution is 0.444. The third kappa shape index (κ3) is 3.57. The largest absolute Gasteiger partial charge is 0.361 e. The van der Waals surface area contributed by atoms with Crippen LogP contribution in [0.3, 0.4) is 0 Å². The third-order valence-electron chi connectivity index (χ3n) is 4.88. The fourth-order valence-corrected chi connectivity index (χ4v) is 3.57. The summed E-state index contributed by atoms with van der Waals surface area (Å²) < 4.78 is 0. The minimum atomic E-state index is 0.607. The van der Waals surface area contributed by atoms with Crippen molar-refractivity contribution in [1.29, 1.82) is 0 Å². The standard InChI is InChI=1S/C19H24N6/c1-14-5-4-10-25(13-14)18-12-22-24-19(23-18)20-9-8-15-11-21-17-7-3-2-6-16(15)17/h2-3,6-7,11-12,14,21H,4-5,8-10,13H2,1H3,(H,20,23,24). The fraction of sp³-hybridized carbons (Fsp3) is 0.421. The van der Waals surface area contributed by atoms with Crippen LogP contribution >= 0.6 is 0 Å². The first-order chi connectivity index (χ1) is 12.3. The number of piperidine rings is 1. The van der Waals surface area contributed by atoms with Gasteiger partial charge in [0.1, 0.15) is 0 Å². The number of fused-ring (bicyclic) bond motifs is 1. The molecule has 1 aliphatic heterocycles. The van der Waals surface area contributed by atoms with Crippen LogP contribution in [0.2, 0.25) is 0 Å². The maximum Gasteiger partial charge on any atom is 0.244 e. The first kappa shape index (κ1) is 15.9. The molecule has 1 atom stereocenters. The van der Waals surface area contributed by atoms with Crippen molar-refractivity contribution < 1.29 is 0 Å². The molecule has 0 radical (unpaired) electrons. The highest BCUT2D eigenvalue weighted by atomic mass is 15.3. The lowest BCUT2D eigenvalue weighted by Gasteiger charge is -2.31. The zero-order valence-electron chi connectivity index (χ0n) is 14.6. The van der Waals surface area contributed by atoms with Crippen molar-refractivity contribution in [3.63, 3.8) is 0 Å². The van der Waals surface area contributed by atoms with Crippen LogP contribution < -0.4 is 10.2 Å². The third-order valence-corrected chi connectivity index (χ3v) is 4.88. The van der Waals surface area contributed by atoms with Gasteiger partial charge in [0.05, 0.1) is 6.20 Å². The highest BCUT2D eigenvalue weighted by Crippen LogP contribution is 2.21. The van der Waals surface area contributed by atoms with Gasteiger partial charge >= 0.3 is 0 Å². The molecule has 0 amide bonds. The lowest BCUT2D eigenvalue weighted by atomic mass is 10.0. The van der Waals surface area contributed by atoms with Gasteiger partial charge in [-0.25, -0.2) is 0 Å². The monoisotopic (exact) mass is 336 g/mol. The summed E-state index contributed by atoms with van der Waals surface area (Å²) >= 11 is 0. The van der Waals surface area contributed by atoms with Gasteiger partial charge in [0.15, 0.2) is 5.82 Å². The highest BCUT2D eigenvalue weighted by Gasteiger charge is 2.18. The molecule has 3 aromatic rings. The first-order valence-corrected chi connectivity index (χ1v) is 9.03. The second-order valence-corrected chi connectivity index (χ2v) is 6.87. The van der Waals surface area contributed by atoms with E-state index in [1.807, 2.05) is 6.07 Å². The molecule has 25 heavy (non-hydrogen) atoms. The molecule has 0 bridgehead atoms. The van der Waals surface area contributed by atoms with E-state index in [2.05, 4.69) is 61.7 Å². The SMILES string of the molecule is CC1CCCN(c2cnnc(NCCc3c[nH]c4ccccc34)n2)C1. The van der Waals surface area contributed by atoms with E-state index in [1.54, 1.807) is 6.20 Å². The number of hydrogen-bond acceptors (Lipinski definition) is 5. The Labute approximate surface area is 147 Å². The molecule has 3 heterocycles. The first-order valence-electron chi connectivity index (χ1n) is 9.03. The average Bonchev–Trinajstić information content (AvgIpc) is 3.05. The Hall–Kier alpha value is -2.63. The van der Waals surface area contributed by atoms with Crippen LogP contribution in [0.4, 0.5) is 11.8 Å². The van der Waals surface area contributed by atoms with Gasteiger partial charge in [-0.05, 0) is 36.8 Å². The Morgan fingerprint density at radius 2 is 2.24 bits per heavy atom. The summed E-state index contributed by atoms with van der Waals surface area (Å²) in [6, 6.07) is 8.37. The second-order valence-electron chi connectivity index (χ2n) is 6.87. The van der Waals surface area contributed by atoms with Crippen LogP contribution in [0.1, 0.15) is 25.3 Å². The van der Waals surface area contributed by atoms with E-state index >= 15 is 0 Å². The Kier molecular flexibility index (Phi) is 4.50. The summed E-state index contributed by atoms with van der Waals surface area (Å²) in [7, 11) is 0. The van der Waals surface area contributed by atoms with Crippen LogP contribution in [0.25, 0.3) is 10.9 Å². The molecule has 1 saturated heterocycles. The molecule has 1 aliphatic rings. The van der Waals surface area contributed by atoms with Gasteiger partial charge in [0.25, 0.3) is 0 Å². The molecule has 2 aromatic heterocycles. The van der Waals surface area contributed by atoms with Crippen molar-refractivity contribution in [2.24, 2.45) is 5.92 Å². The summed E-state index contributed by atoms with van der Waals surface area (Å²) in [6.45, 7) is 5.18. The van der Waals surface area contributed by atoms with Gasteiger partial charge in [0, 0.05) is 36.7 Å². The highest BCUT2D eigenvalue weighted by molar-refractivity contribution is 5.83. The number of para-hydroxylation sites is 1. The van der Waals surface area contributed by atoms with Crippen LogP contribution in [0.5, 0.6) is 0 Å². The minimum absolute atomic E-state index is 0.607. The molecule has 0 saturated carbocycles. The van der Waals surface area contributed by atoms with Crippen molar-refractivity contribution in [2.75, 3.05) is 29.9 Å². The number of benzene rings is 1. The molecule has 0 aliphatic carbocycles. The number of nitrogens with zero attached hydrogens (tertiary/aromatic N) is 4. The van der Waals surface area contributed by atoms with Gasteiger partial charge in [0.2, 0.25) is 5.95 Å². The Bertz CT molecular complexity index is 843. The summed E-state index contributed by atoms with van der Waals surface area (Å²) in [5.74, 6) is 2.24. The number of aromatic nitrogens is 4. The van der Waals surface area contributed by atoms with Crippen molar-refractivity contribution in [3.05, 3.63) is 42.2 Å². The summed E-state index contributed by atoms with van der Waals surface area (Å²) in [4.78, 5) is 10.3. The molecule has 130 valence electrons. The quantitative estimate of drug-likeness (QED) is 0.748.